The van der Waals surface area contributed by atoms with Gasteiger partial charge in [0.2, 0.25) is 0 Å². The molecule has 0 spiro atoms. The van der Waals surface area contributed by atoms with Crippen LogP contribution in [0.4, 0.5) is 0 Å². The van der Waals surface area contributed by atoms with Crippen LogP contribution in [0.5, 0.6) is 0 Å². The minimum Gasteiger partial charge on any atom is -0.383 e. The number of nitrogens with one attached hydrogen (secondary N) is 1. The Balaban J connectivity index is 2.73. The zero-order chi connectivity index (χ0) is 11.8. The number of benzene rings is 1. The number of aryl methyl sites for hydroxylation is 1. The van der Waals surface area contributed by atoms with Crippen molar-refractivity contribution in [3.05, 3.63) is 35.4 Å². The number of hydrogen-bond donors (Lipinski definition) is 1. The Morgan fingerprint density at radius 2 is 2.12 bits per heavy atom. The minimum atomic E-state index is 0.316. The van der Waals surface area contributed by atoms with E-state index < -0.39 is 0 Å². The molecular formula is C14H23NO. The number of rotatable bonds is 7. The molecule has 0 aromatic heterocycles. The first-order valence-electron chi connectivity index (χ1n) is 6.13. The van der Waals surface area contributed by atoms with Gasteiger partial charge in [-0.3, -0.25) is 0 Å². The maximum absolute atomic E-state index is 5.27. The lowest BCUT2D eigenvalue weighted by molar-refractivity contribution is 0.167. The summed E-state index contributed by atoms with van der Waals surface area (Å²) >= 11 is 0. The summed E-state index contributed by atoms with van der Waals surface area (Å²) in [6, 6.07) is 9.06. The summed E-state index contributed by atoms with van der Waals surface area (Å²) in [6.45, 7) is 6.13. The SMILES string of the molecule is CCCNC(COC)c1cccc(CC)c1. The Bertz CT molecular complexity index is 299. The van der Waals surface area contributed by atoms with Crippen LogP contribution in [0.25, 0.3) is 0 Å². The maximum Gasteiger partial charge on any atom is 0.0657 e. The molecule has 16 heavy (non-hydrogen) atoms. The largest absolute Gasteiger partial charge is 0.383 e. The fraction of sp³-hybridized carbons (Fsp3) is 0.571. The molecule has 0 bridgehead atoms. The molecule has 0 aliphatic heterocycles. The summed E-state index contributed by atoms with van der Waals surface area (Å²) in [5.41, 5.74) is 2.71. The lowest BCUT2D eigenvalue weighted by Crippen LogP contribution is -2.25. The lowest BCUT2D eigenvalue weighted by atomic mass is 10.0. The molecule has 0 saturated carbocycles. The Labute approximate surface area is 99.0 Å². The van der Waals surface area contributed by atoms with Crippen LogP contribution >= 0.6 is 0 Å². The lowest BCUT2D eigenvalue weighted by Gasteiger charge is -2.18. The fourth-order valence-electron chi connectivity index (χ4n) is 1.79. The van der Waals surface area contributed by atoms with Crippen LogP contribution in [0.1, 0.15) is 37.4 Å². The molecular weight excluding hydrogens is 198 g/mol. The van der Waals surface area contributed by atoms with E-state index in [1.165, 1.54) is 11.1 Å². The van der Waals surface area contributed by atoms with E-state index >= 15 is 0 Å². The van der Waals surface area contributed by atoms with Crippen molar-refractivity contribution in [1.29, 1.82) is 0 Å². The van der Waals surface area contributed by atoms with Crippen molar-refractivity contribution in [2.24, 2.45) is 0 Å². The van der Waals surface area contributed by atoms with Gasteiger partial charge in [-0.2, -0.15) is 0 Å². The third kappa shape index (κ3) is 3.95. The Morgan fingerprint density at radius 3 is 2.75 bits per heavy atom. The normalized spacial score (nSPS) is 12.7. The summed E-state index contributed by atoms with van der Waals surface area (Å²) in [5.74, 6) is 0. The first kappa shape index (κ1) is 13.2. The maximum atomic E-state index is 5.27. The Kier molecular flexibility index (Phi) is 6.12. The molecule has 1 atom stereocenters. The molecule has 0 heterocycles. The van der Waals surface area contributed by atoms with E-state index in [1.807, 2.05) is 0 Å². The molecule has 0 radical (unpaired) electrons. The highest BCUT2D eigenvalue weighted by atomic mass is 16.5. The molecule has 1 unspecified atom stereocenters. The van der Waals surface area contributed by atoms with E-state index in [1.54, 1.807) is 7.11 Å². The summed E-state index contributed by atoms with van der Waals surface area (Å²) in [6.07, 6.45) is 2.23. The second-order valence-corrected chi connectivity index (χ2v) is 4.06. The average Bonchev–Trinajstić information content (AvgIpc) is 2.34. The number of ether oxygens (including phenoxy) is 1. The molecule has 0 amide bonds. The van der Waals surface area contributed by atoms with Gasteiger partial charge < -0.3 is 10.1 Å². The van der Waals surface area contributed by atoms with E-state index in [0.29, 0.717) is 6.04 Å². The van der Waals surface area contributed by atoms with Crippen molar-refractivity contribution in [2.45, 2.75) is 32.7 Å². The third-order valence-corrected chi connectivity index (χ3v) is 2.74. The van der Waals surface area contributed by atoms with Gasteiger partial charge in [-0.25, -0.2) is 0 Å². The van der Waals surface area contributed by atoms with Gasteiger partial charge in [0, 0.05) is 7.11 Å². The second kappa shape index (κ2) is 7.42. The summed E-state index contributed by atoms with van der Waals surface area (Å²) in [7, 11) is 1.75. The molecule has 1 aromatic rings. The van der Waals surface area contributed by atoms with E-state index in [0.717, 1.165) is 26.0 Å². The van der Waals surface area contributed by atoms with E-state index in [4.69, 9.17) is 4.74 Å². The molecule has 1 N–H and O–H groups in total. The average molecular weight is 221 g/mol. The predicted molar refractivity (Wildman–Crippen MR) is 68.7 cm³/mol. The van der Waals surface area contributed by atoms with Gasteiger partial charge in [0.25, 0.3) is 0 Å². The van der Waals surface area contributed by atoms with Crippen LogP contribution in [-0.2, 0) is 11.2 Å². The van der Waals surface area contributed by atoms with Gasteiger partial charge in [-0.05, 0) is 30.5 Å². The zero-order valence-electron chi connectivity index (χ0n) is 10.6. The van der Waals surface area contributed by atoms with Crippen LogP contribution in [0, 0.1) is 0 Å². The molecule has 0 saturated heterocycles. The third-order valence-electron chi connectivity index (χ3n) is 2.74. The number of methoxy groups -OCH3 is 1. The first-order chi connectivity index (χ1) is 7.81. The van der Waals surface area contributed by atoms with E-state index in [2.05, 4.69) is 43.4 Å². The predicted octanol–water partition coefficient (Wildman–Crippen LogP) is 2.94. The van der Waals surface area contributed by atoms with Crippen molar-refractivity contribution < 1.29 is 4.74 Å². The van der Waals surface area contributed by atoms with Crippen molar-refractivity contribution in [2.75, 3.05) is 20.3 Å². The molecule has 2 heteroatoms. The first-order valence-corrected chi connectivity index (χ1v) is 6.13. The highest BCUT2D eigenvalue weighted by Gasteiger charge is 2.10. The van der Waals surface area contributed by atoms with Crippen LogP contribution in [0.2, 0.25) is 0 Å². The molecule has 2 nitrogen and oxygen atoms in total. The standard InChI is InChI=1S/C14H23NO/c1-4-9-15-14(11-16-3)13-8-6-7-12(5-2)10-13/h6-8,10,14-15H,4-5,9,11H2,1-3H3. The van der Waals surface area contributed by atoms with E-state index in [-0.39, 0.29) is 0 Å². The van der Waals surface area contributed by atoms with E-state index in [9.17, 15) is 0 Å². The van der Waals surface area contributed by atoms with Crippen LogP contribution in [-0.4, -0.2) is 20.3 Å². The highest BCUT2D eigenvalue weighted by Crippen LogP contribution is 2.15. The molecule has 0 aliphatic rings. The highest BCUT2D eigenvalue weighted by molar-refractivity contribution is 5.26. The van der Waals surface area contributed by atoms with Crippen molar-refractivity contribution in [3.8, 4) is 0 Å². The Morgan fingerprint density at radius 1 is 1.31 bits per heavy atom. The van der Waals surface area contributed by atoms with Gasteiger partial charge in [0.1, 0.15) is 0 Å². The van der Waals surface area contributed by atoms with Crippen molar-refractivity contribution in [1.82, 2.24) is 5.32 Å². The quantitative estimate of drug-likeness (QED) is 0.764. The summed E-state index contributed by atoms with van der Waals surface area (Å²) < 4.78 is 5.27. The summed E-state index contributed by atoms with van der Waals surface area (Å²) in [4.78, 5) is 0. The Hall–Kier alpha value is -0.860. The molecule has 1 rings (SSSR count). The van der Waals surface area contributed by atoms with Gasteiger partial charge >= 0.3 is 0 Å². The van der Waals surface area contributed by atoms with Gasteiger partial charge in [0.15, 0.2) is 0 Å². The van der Waals surface area contributed by atoms with Crippen molar-refractivity contribution in [3.63, 3.8) is 0 Å². The van der Waals surface area contributed by atoms with Crippen LogP contribution in [0.3, 0.4) is 0 Å². The topological polar surface area (TPSA) is 21.3 Å². The minimum absolute atomic E-state index is 0.316. The smallest absolute Gasteiger partial charge is 0.0657 e. The van der Waals surface area contributed by atoms with Gasteiger partial charge in [0.05, 0.1) is 12.6 Å². The van der Waals surface area contributed by atoms with Crippen LogP contribution in [0.15, 0.2) is 24.3 Å². The molecule has 1 aromatic carbocycles. The number of hydrogen-bond acceptors (Lipinski definition) is 2. The van der Waals surface area contributed by atoms with Gasteiger partial charge in [-0.15, -0.1) is 0 Å². The summed E-state index contributed by atoms with van der Waals surface area (Å²) in [5, 5.41) is 3.51. The second-order valence-electron chi connectivity index (χ2n) is 4.06. The fourth-order valence-corrected chi connectivity index (χ4v) is 1.79. The molecule has 0 aliphatic carbocycles. The monoisotopic (exact) mass is 221 g/mol. The van der Waals surface area contributed by atoms with Crippen molar-refractivity contribution >= 4 is 0 Å². The zero-order valence-corrected chi connectivity index (χ0v) is 10.6. The molecule has 90 valence electrons. The van der Waals surface area contributed by atoms with Crippen LogP contribution < -0.4 is 5.32 Å². The molecule has 0 fully saturated rings. The van der Waals surface area contributed by atoms with Gasteiger partial charge in [-0.1, -0.05) is 38.1 Å².